The molecular weight excluding hydrogens is 320 g/mol. The standard InChI is InChI=1S/C19H24N2O2S/c1-22-17-10-13(12-21(15-7-8-15)20-14-5-6-14)16(11-18(17)23-2)19-4-3-9-24-19/h3-4,9-11,14-15,20H,5-8,12H2,1-2H3. The van der Waals surface area contributed by atoms with Gasteiger partial charge in [-0.1, -0.05) is 6.07 Å². The minimum absolute atomic E-state index is 0.676. The van der Waals surface area contributed by atoms with Crippen LogP contribution in [0.25, 0.3) is 10.4 Å². The number of benzene rings is 1. The van der Waals surface area contributed by atoms with Crippen LogP contribution in [0.2, 0.25) is 0 Å². The molecule has 0 unspecified atom stereocenters. The van der Waals surface area contributed by atoms with E-state index in [1.165, 1.54) is 41.7 Å². The van der Waals surface area contributed by atoms with Crippen LogP contribution in [-0.4, -0.2) is 31.3 Å². The van der Waals surface area contributed by atoms with Gasteiger partial charge >= 0.3 is 0 Å². The lowest BCUT2D eigenvalue weighted by Crippen LogP contribution is -2.40. The smallest absolute Gasteiger partial charge is 0.161 e. The van der Waals surface area contributed by atoms with Crippen LogP contribution in [0.15, 0.2) is 29.6 Å². The molecule has 1 heterocycles. The van der Waals surface area contributed by atoms with Gasteiger partial charge in [0.05, 0.1) is 14.2 Å². The molecule has 2 aliphatic rings. The number of ether oxygens (including phenoxy) is 2. The highest BCUT2D eigenvalue weighted by Crippen LogP contribution is 2.39. The Morgan fingerprint density at radius 3 is 2.46 bits per heavy atom. The number of hydrazine groups is 1. The van der Waals surface area contributed by atoms with Crippen molar-refractivity contribution >= 4 is 11.3 Å². The fourth-order valence-corrected chi connectivity index (χ4v) is 3.79. The van der Waals surface area contributed by atoms with Crippen molar-refractivity contribution in [3.05, 3.63) is 35.2 Å². The Morgan fingerprint density at radius 1 is 1.12 bits per heavy atom. The molecule has 2 aromatic rings. The molecule has 0 radical (unpaired) electrons. The molecule has 2 saturated carbocycles. The Morgan fingerprint density at radius 2 is 1.88 bits per heavy atom. The van der Waals surface area contributed by atoms with E-state index < -0.39 is 0 Å². The Labute approximate surface area is 147 Å². The monoisotopic (exact) mass is 344 g/mol. The Kier molecular flexibility index (Phi) is 4.48. The number of thiophene rings is 1. The minimum Gasteiger partial charge on any atom is -0.493 e. The summed E-state index contributed by atoms with van der Waals surface area (Å²) in [6, 6.07) is 9.87. The first-order chi connectivity index (χ1) is 11.8. The molecular formula is C19H24N2O2S. The van der Waals surface area contributed by atoms with Crippen LogP contribution in [0.4, 0.5) is 0 Å². The van der Waals surface area contributed by atoms with Crippen molar-refractivity contribution in [3.63, 3.8) is 0 Å². The highest BCUT2D eigenvalue weighted by Gasteiger charge is 2.34. The predicted molar refractivity (Wildman–Crippen MR) is 97.6 cm³/mol. The Bertz CT molecular complexity index is 694. The van der Waals surface area contributed by atoms with E-state index in [4.69, 9.17) is 9.47 Å². The van der Waals surface area contributed by atoms with Gasteiger partial charge in [0.1, 0.15) is 0 Å². The first-order valence-electron chi connectivity index (χ1n) is 8.60. The Balaban J connectivity index is 1.68. The van der Waals surface area contributed by atoms with E-state index >= 15 is 0 Å². The SMILES string of the molecule is COc1cc(CN(NC2CC2)C2CC2)c(-c2cccs2)cc1OC. The van der Waals surface area contributed by atoms with Gasteiger partial charge in [0, 0.05) is 29.1 Å². The zero-order chi connectivity index (χ0) is 16.5. The largest absolute Gasteiger partial charge is 0.493 e. The zero-order valence-electron chi connectivity index (χ0n) is 14.2. The number of hydrogen-bond acceptors (Lipinski definition) is 5. The van der Waals surface area contributed by atoms with Crippen molar-refractivity contribution in [2.75, 3.05) is 14.2 Å². The maximum atomic E-state index is 5.54. The normalized spacial score (nSPS) is 17.3. The van der Waals surface area contributed by atoms with Crippen molar-refractivity contribution in [1.82, 2.24) is 10.4 Å². The summed E-state index contributed by atoms with van der Waals surface area (Å²) in [5.74, 6) is 1.59. The third-order valence-corrected chi connectivity index (χ3v) is 5.55. The lowest BCUT2D eigenvalue weighted by molar-refractivity contribution is 0.163. The van der Waals surface area contributed by atoms with E-state index in [-0.39, 0.29) is 0 Å². The molecule has 4 nitrogen and oxygen atoms in total. The summed E-state index contributed by atoms with van der Waals surface area (Å²) in [6.07, 6.45) is 5.18. The molecule has 1 aromatic heterocycles. The van der Waals surface area contributed by atoms with Crippen LogP contribution in [0.5, 0.6) is 11.5 Å². The minimum atomic E-state index is 0.676. The molecule has 0 spiro atoms. The van der Waals surface area contributed by atoms with Crippen LogP contribution in [0.3, 0.4) is 0 Å². The van der Waals surface area contributed by atoms with Crippen LogP contribution >= 0.6 is 11.3 Å². The number of nitrogens with zero attached hydrogens (tertiary/aromatic N) is 1. The van der Waals surface area contributed by atoms with Gasteiger partial charge in [-0.05, 0) is 54.8 Å². The van der Waals surface area contributed by atoms with Gasteiger partial charge in [0.25, 0.3) is 0 Å². The summed E-state index contributed by atoms with van der Waals surface area (Å²) < 4.78 is 11.1. The van der Waals surface area contributed by atoms with Crippen molar-refractivity contribution in [2.24, 2.45) is 0 Å². The molecule has 1 aromatic carbocycles. The van der Waals surface area contributed by atoms with Crippen molar-refractivity contribution in [2.45, 2.75) is 44.3 Å². The van der Waals surface area contributed by atoms with E-state index in [9.17, 15) is 0 Å². The highest BCUT2D eigenvalue weighted by molar-refractivity contribution is 7.13. The fraction of sp³-hybridized carbons (Fsp3) is 0.474. The van der Waals surface area contributed by atoms with Gasteiger partial charge in [0.15, 0.2) is 11.5 Å². The van der Waals surface area contributed by atoms with Crippen LogP contribution in [0, 0.1) is 0 Å². The van der Waals surface area contributed by atoms with Crippen molar-refractivity contribution < 1.29 is 9.47 Å². The van der Waals surface area contributed by atoms with Gasteiger partial charge in [-0.15, -0.1) is 11.3 Å². The molecule has 0 amide bonds. The summed E-state index contributed by atoms with van der Waals surface area (Å²) in [5, 5.41) is 4.56. The summed E-state index contributed by atoms with van der Waals surface area (Å²) in [6.45, 7) is 0.898. The average molecular weight is 344 g/mol. The molecule has 0 aliphatic heterocycles. The topological polar surface area (TPSA) is 33.7 Å². The van der Waals surface area contributed by atoms with Crippen LogP contribution in [-0.2, 0) is 6.54 Å². The van der Waals surface area contributed by atoms with Crippen LogP contribution in [0.1, 0.15) is 31.2 Å². The van der Waals surface area contributed by atoms with E-state index in [2.05, 4.69) is 40.1 Å². The maximum Gasteiger partial charge on any atom is 0.161 e. The second kappa shape index (κ2) is 6.75. The first kappa shape index (κ1) is 15.9. The van der Waals surface area contributed by atoms with E-state index in [1.54, 1.807) is 25.6 Å². The molecule has 4 rings (SSSR count). The zero-order valence-corrected chi connectivity index (χ0v) is 15.1. The average Bonchev–Trinajstić information content (AvgIpc) is 3.53. The molecule has 0 bridgehead atoms. The molecule has 5 heteroatoms. The number of nitrogens with one attached hydrogen (secondary N) is 1. The lowest BCUT2D eigenvalue weighted by Gasteiger charge is -2.25. The third-order valence-electron chi connectivity index (χ3n) is 4.65. The van der Waals surface area contributed by atoms with Gasteiger partial charge in [0.2, 0.25) is 0 Å². The summed E-state index contributed by atoms with van der Waals surface area (Å²) >= 11 is 1.76. The molecule has 2 aliphatic carbocycles. The molecule has 128 valence electrons. The van der Waals surface area contributed by atoms with Crippen molar-refractivity contribution in [3.8, 4) is 21.9 Å². The highest BCUT2D eigenvalue weighted by atomic mass is 32.1. The van der Waals surface area contributed by atoms with Gasteiger partial charge < -0.3 is 9.47 Å². The molecule has 2 fully saturated rings. The maximum absolute atomic E-state index is 5.54. The van der Waals surface area contributed by atoms with Gasteiger partial charge in [-0.25, -0.2) is 5.01 Å². The van der Waals surface area contributed by atoms with E-state index in [0.29, 0.717) is 12.1 Å². The summed E-state index contributed by atoms with van der Waals surface area (Å²) in [5.41, 5.74) is 6.23. The second-order valence-electron chi connectivity index (χ2n) is 6.60. The predicted octanol–water partition coefficient (Wildman–Crippen LogP) is 4.06. The number of methoxy groups -OCH3 is 2. The number of rotatable bonds is 8. The Hall–Kier alpha value is -1.56. The van der Waals surface area contributed by atoms with Crippen LogP contribution < -0.4 is 14.9 Å². The molecule has 0 saturated heterocycles. The van der Waals surface area contributed by atoms with E-state index in [1.807, 2.05) is 0 Å². The third kappa shape index (κ3) is 3.43. The summed E-state index contributed by atoms with van der Waals surface area (Å²) in [7, 11) is 3.40. The number of hydrogen-bond donors (Lipinski definition) is 1. The summed E-state index contributed by atoms with van der Waals surface area (Å²) in [4.78, 5) is 1.27. The van der Waals surface area contributed by atoms with Gasteiger partial charge in [-0.3, -0.25) is 5.43 Å². The van der Waals surface area contributed by atoms with E-state index in [0.717, 1.165) is 18.0 Å². The van der Waals surface area contributed by atoms with Gasteiger partial charge in [-0.2, -0.15) is 0 Å². The first-order valence-corrected chi connectivity index (χ1v) is 9.48. The fourth-order valence-electron chi connectivity index (χ4n) is 3.01. The van der Waals surface area contributed by atoms with Crippen molar-refractivity contribution in [1.29, 1.82) is 0 Å². The molecule has 0 atom stereocenters. The lowest BCUT2D eigenvalue weighted by atomic mass is 10.0. The second-order valence-corrected chi connectivity index (χ2v) is 7.55. The molecule has 1 N–H and O–H groups in total. The quantitative estimate of drug-likeness (QED) is 0.732. The molecule has 24 heavy (non-hydrogen) atoms.